The number of rotatable bonds is 5. The molecule has 0 aliphatic carbocycles. The normalized spacial score (nSPS) is 23.5. The monoisotopic (exact) mass is 302 g/mol. The van der Waals surface area contributed by atoms with Crippen molar-refractivity contribution in [2.24, 2.45) is 5.41 Å². The molecule has 2 atom stereocenters. The zero-order chi connectivity index (χ0) is 15.3. The molecule has 0 bridgehead atoms. The summed E-state index contributed by atoms with van der Waals surface area (Å²) in [6.07, 6.45) is 1.03. The Kier molecular flexibility index (Phi) is 6.17. The maximum atomic E-state index is 12.2. The fraction of sp³-hybridized carbons (Fsp3) is 0.857. The number of carbonyl (C=O) groups is 2. The molecule has 1 saturated heterocycles. The summed E-state index contributed by atoms with van der Waals surface area (Å²) >= 11 is 1.88. The van der Waals surface area contributed by atoms with Crippen LogP contribution in [0.25, 0.3) is 0 Å². The van der Waals surface area contributed by atoms with Gasteiger partial charge in [0.1, 0.15) is 0 Å². The maximum absolute atomic E-state index is 12.2. The van der Waals surface area contributed by atoms with Crippen LogP contribution in [0.3, 0.4) is 0 Å². The van der Waals surface area contributed by atoms with Crippen LogP contribution in [0.2, 0.25) is 0 Å². The van der Waals surface area contributed by atoms with Crippen LogP contribution >= 0.6 is 11.8 Å². The number of carbonyl (C=O) groups excluding carboxylic acids is 1. The van der Waals surface area contributed by atoms with Gasteiger partial charge in [-0.05, 0) is 12.8 Å². The minimum Gasteiger partial charge on any atom is -0.481 e. The van der Waals surface area contributed by atoms with E-state index in [9.17, 15) is 14.7 Å². The van der Waals surface area contributed by atoms with Gasteiger partial charge in [-0.1, -0.05) is 27.7 Å². The van der Waals surface area contributed by atoms with Crippen molar-refractivity contribution in [3.05, 3.63) is 0 Å². The Morgan fingerprint density at radius 2 is 1.75 bits per heavy atom. The molecule has 0 spiro atoms. The van der Waals surface area contributed by atoms with Crippen LogP contribution in [0.5, 0.6) is 0 Å². The molecule has 1 aliphatic rings. The number of nitrogens with one attached hydrogen (secondary N) is 1. The average Bonchev–Trinajstić information content (AvgIpc) is 2.38. The van der Waals surface area contributed by atoms with Gasteiger partial charge in [0.25, 0.3) is 0 Å². The lowest BCUT2D eigenvalue weighted by Gasteiger charge is -2.35. The summed E-state index contributed by atoms with van der Waals surface area (Å²) in [5, 5.41) is 13.0. The molecule has 1 fully saturated rings. The highest BCUT2D eigenvalue weighted by Crippen LogP contribution is 2.27. The molecule has 20 heavy (non-hydrogen) atoms. The van der Waals surface area contributed by atoms with Crippen LogP contribution in [0.1, 0.15) is 40.5 Å². The number of carboxylic acids is 1. The Hall–Kier alpha value is -0.910. The summed E-state index contributed by atoms with van der Waals surface area (Å²) in [5.41, 5.74) is -0.850. The van der Waals surface area contributed by atoms with Gasteiger partial charge in [-0.3, -0.25) is 4.79 Å². The fourth-order valence-corrected chi connectivity index (χ4v) is 3.90. The molecule has 1 aliphatic heterocycles. The number of carboxylic acid groups (broad SMARTS) is 1. The summed E-state index contributed by atoms with van der Waals surface area (Å²) in [6, 6.07) is -0.142. The van der Waals surface area contributed by atoms with Crippen LogP contribution in [0, 0.1) is 5.41 Å². The number of hydrogen-bond donors (Lipinski definition) is 2. The number of thioether (sulfide) groups is 1. The summed E-state index contributed by atoms with van der Waals surface area (Å²) in [5.74, 6) is -0.835. The highest BCUT2D eigenvalue weighted by Gasteiger charge is 2.36. The van der Waals surface area contributed by atoms with Gasteiger partial charge < -0.3 is 15.3 Å². The van der Waals surface area contributed by atoms with Gasteiger partial charge in [-0.2, -0.15) is 11.8 Å². The van der Waals surface area contributed by atoms with Crippen molar-refractivity contribution in [2.45, 2.75) is 51.0 Å². The first kappa shape index (κ1) is 17.1. The second-order valence-electron chi connectivity index (χ2n) is 5.61. The molecule has 2 N–H and O–H groups in total. The van der Waals surface area contributed by atoms with Crippen molar-refractivity contribution in [3.8, 4) is 0 Å². The van der Waals surface area contributed by atoms with E-state index in [-0.39, 0.29) is 12.6 Å². The summed E-state index contributed by atoms with van der Waals surface area (Å²) in [6.45, 7) is 9.57. The third kappa shape index (κ3) is 4.04. The van der Waals surface area contributed by atoms with E-state index in [4.69, 9.17) is 0 Å². The second-order valence-corrected chi connectivity index (χ2v) is 7.50. The van der Waals surface area contributed by atoms with Crippen LogP contribution < -0.4 is 5.32 Å². The first-order valence-electron chi connectivity index (χ1n) is 7.26. The Balaban J connectivity index is 2.59. The van der Waals surface area contributed by atoms with E-state index in [0.717, 1.165) is 13.1 Å². The highest BCUT2D eigenvalue weighted by molar-refractivity contribution is 8.00. The van der Waals surface area contributed by atoms with Crippen molar-refractivity contribution in [1.82, 2.24) is 10.2 Å². The van der Waals surface area contributed by atoms with Crippen molar-refractivity contribution in [1.29, 1.82) is 0 Å². The van der Waals surface area contributed by atoms with E-state index in [2.05, 4.69) is 19.2 Å². The van der Waals surface area contributed by atoms with Crippen LogP contribution in [0.4, 0.5) is 4.79 Å². The summed E-state index contributed by atoms with van der Waals surface area (Å²) < 4.78 is 0. The van der Waals surface area contributed by atoms with Gasteiger partial charge in [-0.25, -0.2) is 4.79 Å². The molecule has 0 aromatic rings. The standard InChI is InChI=1S/C14H26N2O3S/c1-5-14(6-2,12(17)18)9-15-13(19)16-7-10(3)20-11(4)8-16/h10-11H,5-9H2,1-4H3,(H,15,19)(H,17,18). The lowest BCUT2D eigenvalue weighted by atomic mass is 9.82. The van der Waals surface area contributed by atoms with Crippen molar-refractivity contribution >= 4 is 23.8 Å². The van der Waals surface area contributed by atoms with Crippen LogP contribution in [0.15, 0.2) is 0 Å². The molecule has 0 aromatic carbocycles. The number of amides is 2. The number of hydrogen-bond acceptors (Lipinski definition) is 3. The molecule has 5 nitrogen and oxygen atoms in total. The van der Waals surface area contributed by atoms with Gasteiger partial charge in [0, 0.05) is 30.1 Å². The van der Waals surface area contributed by atoms with E-state index in [1.165, 1.54) is 0 Å². The number of aliphatic carboxylic acids is 1. The molecule has 116 valence electrons. The average molecular weight is 302 g/mol. The van der Waals surface area contributed by atoms with Gasteiger partial charge in [0.2, 0.25) is 0 Å². The van der Waals surface area contributed by atoms with Gasteiger partial charge in [0.15, 0.2) is 0 Å². The zero-order valence-corrected chi connectivity index (χ0v) is 13.6. The smallest absolute Gasteiger partial charge is 0.317 e. The molecule has 1 rings (SSSR count). The van der Waals surface area contributed by atoms with E-state index in [1.54, 1.807) is 4.90 Å². The third-order valence-corrected chi connectivity index (χ3v) is 5.32. The Morgan fingerprint density at radius 1 is 1.25 bits per heavy atom. The maximum Gasteiger partial charge on any atom is 0.317 e. The molecular formula is C14H26N2O3S. The van der Waals surface area contributed by atoms with Crippen molar-refractivity contribution in [3.63, 3.8) is 0 Å². The minimum absolute atomic E-state index is 0.142. The first-order valence-corrected chi connectivity index (χ1v) is 8.20. The predicted molar refractivity (Wildman–Crippen MR) is 82.1 cm³/mol. The van der Waals surface area contributed by atoms with Crippen molar-refractivity contribution < 1.29 is 14.7 Å². The van der Waals surface area contributed by atoms with Crippen molar-refractivity contribution in [2.75, 3.05) is 19.6 Å². The molecule has 1 heterocycles. The van der Waals surface area contributed by atoms with Gasteiger partial charge in [0.05, 0.1) is 5.41 Å². The quantitative estimate of drug-likeness (QED) is 0.818. The first-order chi connectivity index (χ1) is 9.34. The molecule has 2 amide bonds. The minimum atomic E-state index is -0.850. The second kappa shape index (κ2) is 7.20. The molecule has 0 aromatic heterocycles. The van der Waals surface area contributed by atoms with E-state index >= 15 is 0 Å². The predicted octanol–water partition coefficient (Wildman–Crippen LogP) is 2.41. The third-order valence-electron chi connectivity index (χ3n) is 4.09. The van der Waals surface area contributed by atoms with Crippen LogP contribution in [-0.2, 0) is 4.79 Å². The highest BCUT2D eigenvalue weighted by atomic mass is 32.2. The summed E-state index contributed by atoms with van der Waals surface area (Å²) in [4.78, 5) is 25.4. The molecular weight excluding hydrogens is 276 g/mol. The SMILES string of the molecule is CCC(CC)(CNC(=O)N1CC(C)SC(C)C1)C(=O)O. The lowest BCUT2D eigenvalue weighted by Crippen LogP contribution is -2.51. The Bertz CT molecular complexity index is 348. The van der Waals surface area contributed by atoms with Gasteiger partial charge in [-0.15, -0.1) is 0 Å². The van der Waals surface area contributed by atoms with Crippen LogP contribution in [-0.4, -0.2) is 52.1 Å². The largest absolute Gasteiger partial charge is 0.481 e. The topological polar surface area (TPSA) is 69.6 Å². The van der Waals surface area contributed by atoms with Gasteiger partial charge >= 0.3 is 12.0 Å². The number of nitrogens with zero attached hydrogens (tertiary/aromatic N) is 1. The zero-order valence-electron chi connectivity index (χ0n) is 12.8. The van der Waals surface area contributed by atoms with E-state index in [1.807, 2.05) is 25.6 Å². The molecule has 6 heteroatoms. The Labute approximate surface area is 125 Å². The fourth-order valence-electron chi connectivity index (χ4n) is 2.58. The lowest BCUT2D eigenvalue weighted by molar-refractivity contribution is -0.149. The molecule has 0 saturated carbocycles. The molecule has 0 radical (unpaired) electrons. The number of urea groups is 1. The Morgan fingerprint density at radius 3 is 2.15 bits per heavy atom. The van der Waals surface area contributed by atoms with E-state index < -0.39 is 11.4 Å². The molecule has 2 unspecified atom stereocenters. The summed E-state index contributed by atoms with van der Waals surface area (Å²) in [7, 11) is 0. The van der Waals surface area contributed by atoms with E-state index in [0.29, 0.717) is 23.3 Å².